The van der Waals surface area contributed by atoms with E-state index in [0.717, 1.165) is 5.69 Å². The van der Waals surface area contributed by atoms with E-state index >= 15 is 0 Å². The Labute approximate surface area is 98.3 Å². The van der Waals surface area contributed by atoms with Crippen molar-refractivity contribution in [1.29, 1.82) is 0 Å². The highest BCUT2D eigenvalue weighted by Crippen LogP contribution is 2.18. The van der Waals surface area contributed by atoms with Crippen LogP contribution in [-0.2, 0) is 4.79 Å². The van der Waals surface area contributed by atoms with Gasteiger partial charge in [0.25, 0.3) is 0 Å². The third kappa shape index (κ3) is 3.37. The summed E-state index contributed by atoms with van der Waals surface area (Å²) in [5.74, 6) is 0.605. The molecule has 0 radical (unpaired) electrons. The Morgan fingerprint density at radius 1 is 1.12 bits per heavy atom. The zero-order valence-corrected chi connectivity index (χ0v) is 10.6. The second-order valence-corrected chi connectivity index (χ2v) is 4.79. The van der Waals surface area contributed by atoms with Gasteiger partial charge >= 0.3 is 0 Å². The molecule has 88 valence electrons. The summed E-state index contributed by atoms with van der Waals surface area (Å²) in [7, 11) is 0. The van der Waals surface area contributed by atoms with Crippen molar-refractivity contribution in [1.82, 2.24) is 0 Å². The van der Waals surface area contributed by atoms with Crippen LogP contribution in [0.1, 0.15) is 34.1 Å². The number of carbonyl (C=O) groups is 1. The molecule has 2 heteroatoms. The molecule has 0 saturated carbocycles. The van der Waals surface area contributed by atoms with E-state index in [1.807, 2.05) is 49.1 Å². The lowest BCUT2D eigenvalue weighted by atomic mass is 10.1. The molecule has 0 unspecified atom stereocenters. The van der Waals surface area contributed by atoms with Crippen LogP contribution in [0.2, 0.25) is 0 Å². The fourth-order valence-electron chi connectivity index (χ4n) is 1.77. The van der Waals surface area contributed by atoms with Crippen molar-refractivity contribution >= 4 is 11.6 Å². The number of hydrogen-bond donors (Lipinski definition) is 0. The summed E-state index contributed by atoms with van der Waals surface area (Å²) in [4.78, 5) is 14.0. The number of para-hydroxylation sites is 1. The maximum absolute atomic E-state index is 12.1. The molecule has 1 aromatic rings. The van der Waals surface area contributed by atoms with Crippen molar-refractivity contribution in [3.05, 3.63) is 30.3 Å². The van der Waals surface area contributed by atoms with Gasteiger partial charge in [0.05, 0.1) is 0 Å². The van der Waals surface area contributed by atoms with E-state index in [2.05, 4.69) is 13.8 Å². The average Bonchev–Trinajstić information content (AvgIpc) is 2.17. The summed E-state index contributed by atoms with van der Waals surface area (Å²) in [6.07, 6.45) is 0.604. The average molecular weight is 219 g/mol. The minimum atomic E-state index is 0.202. The number of rotatable bonds is 4. The van der Waals surface area contributed by atoms with Crippen LogP contribution in [0.25, 0.3) is 0 Å². The SMILES string of the molecule is CC(C)CC(=O)N(c1ccccc1)C(C)C. The van der Waals surface area contributed by atoms with Crippen molar-refractivity contribution in [2.75, 3.05) is 4.90 Å². The summed E-state index contributed by atoms with van der Waals surface area (Å²) in [5.41, 5.74) is 0.989. The van der Waals surface area contributed by atoms with Gasteiger partial charge in [-0.25, -0.2) is 0 Å². The van der Waals surface area contributed by atoms with E-state index < -0.39 is 0 Å². The summed E-state index contributed by atoms with van der Waals surface area (Å²) in [5, 5.41) is 0. The molecule has 1 rings (SSSR count). The quantitative estimate of drug-likeness (QED) is 0.759. The van der Waals surface area contributed by atoms with Crippen LogP contribution >= 0.6 is 0 Å². The van der Waals surface area contributed by atoms with Crippen molar-refractivity contribution in [3.8, 4) is 0 Å². The summed E-state index contributed by atoms with van der Waals surface area (Å²) in [6, 6.07) is 10.1. The maximum Gasteiger partial charge on any atom is 0.227 e. The molecule has 16 heavy (non-hydrogen) atoms. The standard InChI is InChI=1S/C14H21NO/c1-11(2)10-14(16)15(12(3)4)13-8-6-5-7-9-13/h5-9,11-12H,10H2,1-4H3. The number of hydrogen-bond acceptors (Lipinski definition) is 1. The Morgan fingerprint density at radius 2 is 1.69 bits per heavy atom. The minimum Gasteiger partial charge on any atom is -0.310 e. The molecule has 0 atom stereocenters. The number of anilines is 1. The molecule has 0 spiro atoms. The largest absolute Gasteiger partial charge is 0.310 e. The lowest BCUT2D eigenvalue weighted by Crippen LogP contribution is -2.37. The van der Waals surface area contributed by atoms with Crippen molar-refractivity contribution in [2.45, 2.75) is 40.2 Å². The monoisotopic (exact) mass is 219 g/mol. The number of benzene rings is 1. The predicted octanol–water partition coefficient (Wildman–Crippen LogP) is 3.47. The first kappa shape index (κ1) is 12.8. The van der Waals surface area contributed by atoms with Crippen molar-refractivity contribution in [2.24, 2.45) is 5.92 Å². The van der Waals surface area contributed by atoms with Crippen molar-refractivity contribution < 1.29 is 4.79 Å². The lowest BCUT2D eigenvalue weighted by Gasteiger charge is -2.27. The van der Waals surface area contributed by atoms with Gasteiger partial charge in [0.15, 0.2) is 0 Å². The van der Waals surface area contributed by atoms with Crippen LogP contribution < -0.4 is 4.90 Å². The molecule has 0 aliphatic rings. The van der Waals surface area contributed by atoms with E-state index in [4.69, 9.17) is 0 Å². The van der Waals surface area contributed by atoms with Gasteiger partial charge in [0, 0.05) is 18.2 Å². The molecule has 2 nitrogen and oxygen atoms in total. The molecule has 0 saturated heterocycles. The molecule has 0 heterocycles. The van der Waals surface area contributed by atoms with E-state index in [-0.39, 0.29) is 11.9 Å². The van der Waals surface area contributed by atoms with Crippen molar-refractivity contribution in [3.63, 3.8) is 0 Å². The minimum absolute atomic E-state index is 0.202. The van der Waals surface area contributed by atoms with Gasteiger partial charge in [-0.1, -0.05) is 32.0 Å². The predicted molar refractivity (Wildman–Crippen MR) is 68.5 cm³/mol. The van der Waals surface area contributed by atoms with Gasteiger partial charge in [-0.3, -0.25) is 4.79 Å². The first-order chi connectivity index (χ1) is 7.52. The molecule has 0 N–H and O–H groups in total. The number of nitrogens with zero attached hydrogens (tertiary/aromatic N) is 1. The summed E-state index contributed by atoms with van der Waals surface area (Å²) < 4.78 is 0. The maximum atomic E-state index is 12.1. The summed E-state index contributed by atoms with van der Waals surface area (Å²) in [6.45, 7) is 8.24. The van der Waals surface area contributed by atoms with Gasteiger partial charge in [-0.15, -0.1) is 0 Å². The lowest BCUT2D eigenvalue weighted by molar-refractivity contribution is -0.119. The zero-order valence-electron chi connectivity index (χ0n) is 10.6. The van der Waals surface area contributed by atoms with Crippen LogP contribution in [0.5, 0.6) is 0 Å². The highest BCUT2D eigenvalue weighted by molar-refractivity contribution is 5.93. The van der Waals surface area contributed by atoms with Gasteiger partial charge in [-0.05, 0) is 31.9 Å². The second-order valence-electron chi connectivity index (χ2n) is 4.79. The molecular weight excluding hydrogens is 198 g/mol. The fourth-order valence-corrected chi connectivity index (χ4v) is 1.77. The van der Waals surface area contributed by atoms with Gasteiger partial charge in [0.2, 0.25) is 5.91 Å². The highest BCUT2D eigenvalue weighted by Gasteiger charge is 2.19. The molecule has 0 aromatic heterocycles. The second kappa shape index (κ2) is 5.69. The van der Waals surface area contributed by atoms with E-state index in [1.54, 1.807) is 0 Å². The van der Waals surface area contributed by atoms with E-state index in [1.165, 1.54) is 0 Å². The smallest absolute Gasteiger partial charge is 0.227 e. The number of carbonyl (C=O) groups excluding carboxylic acids is 1. The van der Waals surface area contributed by atoms with Gasteiger partial charge in [-0.2, -0.15) is 0 Å². The van der Waals surface area contributed by atoms with Gasteiger partial charge < -0.3 is 4.90 Å². The topological polar surface area (TPSA) is 20.3 Å². The molecule has 0 aliphatic carbocycles. The molecule has 0 fully saturated rings. The normalized spacial score (nSPS) is 10.9. The first-order valence-corrected chi connectivity index (χ1v) is 5.89. The fraction of sp³-hybridized carbons (Fsp3) is 0.500. The van der Waals surface area contributed by atoms with Crippen LogP contribution in [0.3, 0.4) is 0 Å². The molecular formula is C14H21NO. The van der Waals surface area contributed by atoms with Gasteiger partial charge in [0.1, 0.15) is 0 Å². The van der Waals surface area contributed by atoms with E-state index in [9.17, 15) is 4.79 Å². The molecule has 0 bridgehead atoms. The third-order valence-corrected chi connectivity index (χ3v) is 2.40. The Kier molecular flexibility index (Phi) is 4.53. The van der Waals surface area contributed by atoms with Crippen LogP contribution in [0, 0.1) is 5.92 Å². The number of amides is 1. The Morgan fingerprint density at radius 3 is 2.12 bits per heavy atom. The Hall–Kier alpha value is -1.31. The van der Waals surface area contributed by atoms with Crippen LogP contribution in [0.15, 0.2) is 30.3 Å². The van der Waals surface area contributed by atoms with Crippen LogP contribution in [-0.4, -0.2) is 11.9 Å². The zero-order chi connectivity index (χ0) is 12.1. The highest BCUT2D eigenvalue weighted by atomic mass is 16.2. The summed E-state index contributed by atoms with van der Waals surface area (Å²) >= 11 is 0. The third-order valence-electron chi connectivity index (χ3n) is 2.40. The Bertz CT molecular complexity index is 330. The van der Waals surface area contributed by atoms with Crippen LogP contribution in [0.4, 0.5) is 5.69 Å². The Balaban J connectivity index is 2.88. The first-order valence-electron chi connectivity index (χ1n) is 5.89. The molecule has 0 aliphatic heterocycles. The molecule has 1 aromatic carbocycles. The molecule has 1 amide bonds. The van der Waals surface area contributed by atoms with E-state index in [0.29, 0.717) is 12.3 Å².